The second-order valence-corrected chi connectivity index (χ2v) is 26.9. The molecule has 1 aliphatic carbocycles. The molecule has 4 aromatic carbocycles. The normalized spacial score (nSPS) is 17.6. The van der Waals surface area contributed by atoms with Gasteiger partial charge in [0, 0.05) is 68.2 Å². The average molecular weight is 1160 g/mol. The van der Waals surface area contributed by atoms with Crippen LogP contribution >= 0.6 is 47.0 Å². The Morgan fingerprint density at radius 2 is 0.458 bits per heavy atom. The summed E-state index contributed by atoms with van der Waals surface area (Å²) in [7, 11) is -20.6. The van der Waals surface area contributed by atoms with Gasteiger partial charge in [0.15, 0.2) is 0 Å². The Morgan fingerprint density at radius 1 is 0.319 bits per heavy atom. The molecule has 0 saturated carbocycles. The number of rotatable bonds is 20. The molecule has 0 spiro atoms. The van der Waals surface area contributed by atoms with Gasteiger partial charge in [0.1, 0.15) is 69.0 Å². The molecule has 400 valence electrons. The van der Waals surface area contributed by atoms with Crippen molar-refractivity contribution in [1.29, 1.82) is 0 Å². The fraction of sp³-hybridized carbons (Fsp3) is 0.455. The minimum Gasteiger partial charge on any atom is -0.507 e. The van der Waals surface area contributed by atoms with Gasteiger partial charge < -0.3 is 40.9 Å². The minimum absolute atomic E-state index is 0.129. The van der Waals surface area contributed by atoms with Crippen LogP contribution in [0.25, 0.3) is 0 Å². The molecule has 5 rings (SSSR count). The highest BCUT2D eigenvalue weighted by Crippen LogP contribution is 2.56. The summed E-state index contributed by atoms with van der Waals surface area (Å²) in [5, 5.41) is 97.5. The SMILES string of the molecule is CSCCC1c2cc(c(O)c(CS(=O)(=O)O)c2O)C(CCSC)c2cc(c(O)c(CS(=O)(=O)O)c2O)C(CCSC)c2cc(c(O)c(CS(=O)(=O)O)c2O)C(CCSC)c2cc1c(O)c(CS(=O)(=O)O)c2O. The van der Waals surface area contributed by atoms with Crippen LogP contribution in [0.2, 0.25) is 0 Å². The summed E-state index contributed by atoms with van der Waals surface area (Å²) in [5.74, 6) is -18.4. The van der Waals surface area contributed by atoms with Gasteiger partial charge in [-0.15, -0.1) is 0 Å². The van der Waals surface area contributed by atoms with Crippen LogP contribution < -0.4 is 0 Å². The zero-order valence-electron chi connectivity index (χ0n) is 39.0. The van der Waals surface area contributed by atoms with Gasteiger partial charge >= 0.3 is 0 Å². The van der Waals surface area contributed by atoms with Gasteiger partial charge in [-0.2, -0.15) is 80.7 Å². The lowest BCUT2D eigenvalue weighted by atomic mass is 9.76. The standard InChI is InChI=1S/C44H56O20S8/c1-65-9-5-21-25-13-27(39(47)33(37(25)45)17-69(53,54)55)22(6-10-66-2)29-15-31(43(51)35(41(29)49)19-71(59,60)61)24(8-12-68-4)32-16-30(42(50)36(44(32)52)20-72(62,63)64)23(7-11-67-3)28-14-26(21)38(46)34(40(28)48)18-70(56,57)58/h13-16,21-24,45-52H,5-12,17-20H2,1-4H3,(H,53,54,55)(H,56,57,58)(H,59,60,61)(H,62,63,64). The van der Waals surface area contributed by atoms with Crippen LogP contribution in [0.3, 0.4) is 0 Å². The molecular weight excluding hydrogens is 1100 g/mol. The highest BCUT2D eigenvalue weighted by atomic mass is 32.2. The molecule has 0 atom stereocenters. The van der Waals surface area contributed by atoms with E-state index in [4.69, 9.17) is 0 Å². The predicted octanol–water partition coefficient (Wildman–Crippen LogP) is 6.74. The van der Waals surface area contributed by atoms with Crippen LogP contribution in [-0.2, 0) is 63.5 Å². The Labute approximate surface area is 434 Å². The van der Waals surface area contributed by atoms with Crippen molar-refractivity contribution in [1.82, 2.24) is 0 Å². The predicted molar refractivity (Wildman–Crippen MR) is 279 cm³/mol. The van der Waals surface area contributed by atoms with Crippen LogP contribution in [0.15, 0.2) is 24.3 Å². The van der Waals surface area contributed by atoms with Gasteiger partial charge in [-0.1, -0.05) is 0 Å². The molecule has 0 amide bonds. The number of hydrogen-bond acceptors (Lipinski definition) is 20. The second kappa shape index (κ2) is 23.5. The average Bonchev–Trinajstić information content (AvgIpc) is 3.26. The topological polar surface area (TPSA) is 379 Å². The highest BCUT2D eigenvalue weighted by Gasteiger charge is 2.39. The van der Waals surface area contributed by atoms with Crippen molar-refractivity contribution in [2.45, 2.75) is 72.4 Å². The summed E-state index contributed by atoms with van der Waals surface area (Å²) in [6, 6.07) is 4.78. The Bertz CT molecular complexity index is 2630. The van der Waals surface area contributed by atoms with E-state index in [9.17, 15) is 92.7 Å². The van der Waals surface area contributed by atoms with Crippen molar-refractivity contribution >= 4 is 87.5 Å². The molecule has 20 nitrogen and oxygen atoms in total. The molecule has 0 aromatic heterocycles. The smallest absolute Gasteiger partial charge is 0.269 e. The first kappa shape index (κ1) is 59.2. The van der Waals surface area contributed by atoms with Gasteiger partial charge in [0.25, 0.3) is 40.5 Å². The first-order chi connectivity index (χ1) is 33.4. The summed E-state index contributed by atoms with van der Waals surface area (Å²) in [6.07, 6.45) is 6.21. The molecule has 72 heavy (non-hydrogen) atoms. The zero-order valence-corrected chi connectivity index (χ0v) is 45.5. The lowest BCUT2D eigenvalue weighted by Gasteiger charge is -2.31. The summed E-state index contributed by atoms with van der Waals surface area (Å²) in [5.41, 5.74) is -5.51. The molecule has 1 aliphatic rings. The van der Waals surface area contributed by atoms with E-state index in [-0.39, 0.29) is 93.2 Å². The van der Waals surface area contributed by atoms with Crippen molar-refractivity contribution in [3.05, 3.63) is 91.0 Å². The molecule has 28 heteroatoms. The fourth-order valence-electron chi connectivity index (χ4n) is 9.32. The third-order valence-electron chi connectivity index (χ3n) is 12.5. The summed E-state index contributed by atoms with van der Waals surface area (Å²) in [6.45, 7) is 0. The molecule has 0 radical (unpaired) electrons. The minimum atomic E-state index is -5.14. The van der Waals surface area contributed by atoms with E-state index < -0.39 is 155 Å². The van der Waals surface area contributed by atoms with Crippen LogP contribution in [0, 0.1) is 0 Å². The van der Waals surface area contributed by atoms with Crippen LogP contribution in [0.4, 0.5) is 0 Å². The van der Waals surface area contributed by atoms with E-state index in [0.717, 1.165) is 0 Å². The zero-order chi connectivity index (χ0) is 54.0. The number of aromatic hydroxyl groups is 8. The number of phenolic OH excluding ortho intramolecular Hbond substituents is 8. The third-order valence-corrected chi connectivity index (χ3v) is 17.7. The maximum Gasteiger partial charge on any atom is 0.269 e. The molecule has 0 unspecified atom stereocenters. The molecular formula is C44H56O20S8. The van der Waals surface area contributed by atoms with Crippen molar-refractivity contribution in [3.63, 3.8) is 0 Å². The van der Waals surface area contributed by atoms with Gasteiger partial charge in [-0.25, -0.2) is 0 Å². The van der Waals surface area contributed by atoms with E-state index >= 15 is 0 Å². The Kier molecular flexibility index (Phi) is 19.3. The molecule has 0 heterocycles. The summed E-state index contributed by atoms with van der Waals surface area (Å²) in [4.78, 5) is 0. The summed E-state index contributed by atoms with van der Waals surface area (Å²) >= 11 is 4.97. The maximum absolute atomic E-state index is 12.7. The maximum atomic E-state index is 12.7. The molecule has 0 saturated heterocycles. The third kappa shape index (κ3) is 13.6. The second-order valence-electron chi connectivity index (χ2n) is 17.2. The fourth-order valence-corrected chi connectivity index (χ4v) is 13.8. The lowest BCUT2D eigenvalue weighted by Crippen LogP contribution is -2.16. The van der Waals surface area contributed by atoms with Crippen molar-refractivity contribution < 1.29 is 92.7 Å². The van der Waals surface area contributed by atoms with Crippen LogP contribution in [0.5, 0.6) is 46.0 Å². The number of fused-ring (bicyclic) bond motifs is 8. The molecule has 0 fully saturated rings. The van der Waals surface area contributed by atoms with Crippen molar-refractivity contribution in [3.8, 4) is 46.0 Å². The Balaban J connectivity index is 2.25. The monoisotopic (exact) mass is 1160 g/mol. The van der Waals surface area contributed by atoms with E-state index in [1.165, 1.54) is 71.3 Å². The van der Waals surface area contributed by atoms with Crippen LogP contribution in [-0.4, -0.2) is 141 Å². The Morgan fingerprint density at radius 3 is 0.569 bits per heavy atom. The van der Waals surface area contributed by atoms with Gasteiger partial charge in [-0.3, -0.25) is 18.2 Å². The highest BCUT2D eigenvalue weighted by molar-refractivity contribution is 7.99. The largest absolute Gasteiger partial charge is 0.507 e. The van der Waals surface area contributed by atoms with Gasteiger partial charge in [0.2, 0.25) is 0 Å². The molecule has 4 aromatic rings. The van der Waals surface area contributed by atoms with E-state index in [2.05, 4.69) is 0 Å². The van der Waals surface area contributed by atoms with Gasteiger partial charge in [0.05, 0.1) is 22.3 Å². The van der Waals surface area contributed by atoms with Gasteiger partial charge in [-0.05, 0) is 98.0 Å². The van der Waals surface area contributed by atoms with Crippen molar-refractivity contribution in [2.24, 2.45) is 0 Å². The lowest BCUT2D eigenvalue weighted by molar-refractivity contribution is 0.410. The number of hydrogen-bond donors (Lipinski definition) is 12. The van der Waals surface area contributed by atoms with E-state index in [1.807, 2.05) is 0 Å². The molecule has 0 aliphatic heterocycles. The van der Waals surface area contributed by atoms with E-state index in [0.29, 0.717) is 0 Å². The number of phenols is 8. The van der Waals surface area contributed by atoms with Crippen LogP contribution in [0.1, 0.15) is 116 Å². The number of thioether (sulfide) groups is 4. The van der Waals surface area contributed by atoms with E-state index in [1.54, 1.807) is 25.0 Å². The summed E-state index contributed by atoms with van der Waals surface area (Å²) < 4.78 is 143. The number of benzene rings is 4. The first-order valence-corrected chi connectivity index (χ1v) is 33.5. The molecule has 12 N–H and O–H groups in total. The molecule has 8 bridgehead atoms. The quantitative estimate of drug-likeness (QED) is 0.0408. The Hall–Kier alpha value is -3.68. The first-order valence-electron chi connectivity index (χ1n) is 21.5. The van der Waals surface area contributed by atoms with Crippen molar-refractivity contribution in [2.75, 3.05) is 48.0 Å².